The third kappa shape index (κ3) is 5.09. The highest BCUT2D eigenvalue weighted by Crippen LogP contribution is 2.24. The highest BCUT2D eigenvalue weighted by molar-refractivity contribution is 5.95. The number of hydrogen-bond acceptors (Lipinski definition) is 4. The van der Waals surface area contributed by atoms with Crippen LogP contribution in [0.15, 0.2) is 18.3 Å². The lowest BCUT2D eigenvalue weighted by Gasteiger charge is -2.32. The number of alkyl halides is 3. The maximum absolute atomic E-state index is 12.6. The van der Waals surface area contributed by atoms with Crippen molar-refractivity contribution in [3.63, 3.8) is 0 Å². The highest BCUT2D eigenvalue weighted by Gasteiger charge is 2.31. The van der Waals surface area contributed by atoms with Gasteiger partial charge in [-0.25, -0.2) is 4.98 Å². The summed E-state index contributed by atoms with van der Waals surface area (Å²) in [5.74, 6) is -0.340. The van der Waals surface area contributed by atoms with Crippen molar-refractivity contribution in [2.75, 3.05) is 33.4 Å². The average molecular weight is 332 g/mol. The van der Waals surface area contributed by atoms with Gasteiger partial charge in [0.15, 0.2) is 18.1 Å². The first-order chi connectivity index (χ1) is 10.9. The van der Waals surface area contributed by atoms with Crippen LogP contribution in [0.1, 0.15) is 23.3 Å². The molecule has 8 heteroatoms. The van der Waals surface area contributed by atoms with Crippen LogP contribution in [0.3, 0.4) is 0 Å². The first-order valence-corrected chi connectivity index (χ1v) is 7.33. The number of pyridine rings is 1. The lowest BCUT2D eigenvalue weighted by molar-refractivity contribution is -0.153. The van der Waals surface area contributed by atoms with E-state index in [0.717, 1.165) is 12.8 Å². The molecule has 5 nitrogen and oxygen atoms in total. The zero-order valence-electron chi connectivity index (χ0n) is 12.8. The van der Waals surface area contributed by atoms with Crippen LogP contribution in [0.25, 0.3) is 0 Å². The molecule has 1 aromatic heterocycles. The summed E-state index contributed by atoms with van der Waals surface area (Å²) in [7, 11) is 1.60. The number of aromatic nitrogens is 1. The number of carbonyl (C=O) groups is 1. The molecular weight excluding hydrogens is 313 g/mol. The minimum Gasteiger partial charge on any atom is -0.482 e. The van der Waals surface area contributed by atoms with E-state index in [4.69, 9.17) is 9.47 Å². The molecule has 0 N–H and O–H groups in total. The monoisotopic (exact) mass is 332 g/mol. The number of ether oxygens (including phenoxy) is 2. The van der Waals surface area contributed by atoms with Crippen LogP contribution >= 0.6 is 0 Å². The molecule has 1 saturated heterocycles. The van der Waals surface area contributed by atoms with Gasteiger partial charge < -0.3 is 14.4 Å². The van der Waals surface area contributed by atoms with Crippen LogP contribution in [0.4, 0.5) is 13.2 Å². The number of piperidine rings is 1. The topological polar surface area (TPSA) is 51.7 Å². The van der Waals surface area contributed by atoms with Gasteiger partial charge in [0.05, 0.1) is 6.61 Å². The van der Waals surface area contributed by atoms with Gasteiger partial charge in [0.2, 0.25) is 0 Å². The second kappa shape index (κ2) is 7.63. The van der Waals surface area contributed by atoms with Crippen molar-refractivity contribution >= 4 is 5.91 Å². The van der Waals surface area contributed by atoms with Crippen molar-refractivity contribution < 1.29 is 27.4 Å². The van der Waals surface area contributed by atoms with Crippen LogP contribution in [-0.4, -0.2) is 55.4 Å². The van der Waals surface area contributed by atoms with E-state index in [2.05, 4.69) is 4.98 Å². The van der Waals surface area contributed by atoms with E-state index in [1.807, 2.05) is 0 Å². The fourth-order valence-corrected chi connectivity index (χ4v) is 2.60. The second-order valence-corrected chi connectivity index (χ2v) is 5.47. The average Bonchev–Trinajstić information content (AvgIpc) is 2.52. The molecule has 0 bridgehead atoms. The fourth-order valence-electron chi connectivity index (χ4n) is 2.60. The van der Waals surface area contributed by atoms with E-state index in [-0.39, 0.29) is 17.4 Å². The van der Waals surface area contributed by atoms with E-state index in [9.17, 15) is 18.0 Å². The number of hydrogen-bond donors (Lipinski definition) is 0. The Morgan fingerprint density at radius 2 is 2.26 bits per heavy atom. The van der Waals surface area contributed by atoms with Crippen LogP contribution in [0.2, 0.25) is 0 Å². The van der Waals surface area contributed by atoms with Gasteiger partial charge in [-0.15, -0.1) is 0 Å². The molecule has 1 aromatic rings. The molecule has 128 valence electrons. The van der Waals surface area contributed by atoms with Crippen molar-refractivity contribution in [2.45, 2.75) is 19.0 Å². The lowest BCUT2D eigenvalue weighted by atomic mass is 9.98. The molecule has 2 heterocycles. The van der Waals surface area contributed by atoms with E-state index in [1.54, 1.807) is 12.0 Å². The summed E-state index contributed by atoms with van der Waals surface area (Å²) in [5.41, 5.74) is -0.0881. The van der Waals surface area contributed by atoms with E-state index in [0.29, 0.717) is 19.7 Å². The summed E-state index contributed by atoms with van der Waals surface area (Å²) >= 11 is 0. The highest BCUT2D eigenvalue weighted by atomic mass is 19.4. The van der Waals surface area contributed by atoms with Gasteiger partial charge in [-0.05, 0) is 30.9 Å². The zero-order valence-corrected chi connectivity index (χ0v) is 12.8. The van der Waals surface area contributed by atoms with Crippen molar-refractivity contribution in [1.82, 2.24) is 9.88 Å². The van der Waals surface area contributed by atoms with E-state index in [1.165, 1.54) is 18.3 Å². The molecular formula is C15H19F3N2O3. The van der Waals surface area contributed by atoms with Gasteiger partial charge in [-0.3, -0.25) is 4.79 Å². The number of methoxy groups -OCH3 is 1. The van der Waals surface area contributed by atoms with E-state index < -0.39 is 18.7 Å². The van der Waals surface area contributed by atoms with Crippen molar-refractivity contribution in [3.05, 3.63) is 24.0 Å². The molecule has 1 aliphatic rings. The molecule has 0 aliphatic carbocycles. The molecule has 1 atom stereocenters. The Balaban J connectivity index is 2.09. The maximum atomic E-state index is 12.6. The number of rotatable bonds is 5. The molecule has 0 spiro atoms. The quantitative estimate of drug-likeness (QED) is 0.831. The minimum atomic E-state index is -4.47. The molecule has 23 heavy (non-hydrogen) atoms. The predicted octanol–water partition coefficient (Wildman–Crippen LogP) is 2.52. The molecule has 0 aromatic carbocycles. The summed E-state index contributed by atoms with van der Waals surface area (Å²) in [5, 5.41) is 0. The summed E-state index contributed by atoms with van der Waals surface area (Å²) in [4.78, 5) is 18.1. The number of amides is 1. The van der Waals surface area contributed by atoms with Crippen LogP contribution in [-0.2, 0) is 4.74 Å². The predicted molar refractivity (Wildman–Crippen MR) is 76.3 cm³/mol. The first-order valence-electron chi connectivity index (χ1n) is 7.33. The summed E-state index contributed by atoms with van der Waals surface area (Å²) in [6, 6.07) is 2.76. The lowest BCUT2D eigenvalue weighted by Crippen LogP contribution is -2.41. The summed E-state index contributed by atoms with van der Waals surface area (Å²) in [6.45, 7) is 0.144. The standard InChI is InChI=1S/C15H19F3N2O3/c1-22-9-11-4-3-7-20(8-11)14(21)13-12(5-2-6-19-13)23-10-15(16,17)18/h2,5-6,11H,3-4,7-10H2,1H3/t11-/m1/s1. The van der Waals surface area contributed by atoms with Gasteiger partial charge >= 0.3 is 6.18 Å². The Hall–Kier alpha value is -1.83. The SMILES string of the molecule is COC[C@@H]1CCCN(C(=O)c2ncccc2OCC(F)(F)F)C1. The van der Waals surface area contributed by atoms with Crippen LogP contribution in [0, 0.1) is 5.92 Å². The van der Waals surface area contributed by atoms with Gasteiger partial charge in [-0.2, -0.15) is 13.2 Å². The number of carbonyl (C=O) groups excluding carboxylic acids is 1. The first kappa shape index (κ1) is 17.5. The zero-order chi connectivity index (χ0) is 16.9. The Morgan fingerprint density at radius 3 is 2.96 bits per heavy atom. The molecule has 1 fully saturated rings. The van der Waals surface area contributed by atoms with Crippen LogP contribution < -0.4 is 4.74 Å². The minimum absolute atomic E-state index is 0.0881. The second-order valence-electron chi connectivity index (χ2n) is 5.47. The third-order valence-electron chi connectivity index (χ3n) is 3.57. The Morgan fingerprint density at radius 1 is 1.48 bits per heavy atom. The normalized spacial score (nSPS) is 18.8. The molecule has 0 radical (unpaired) electrons. The smallest absolute Gasteiger partial charge is 0.422 e. The largest absolute Gasteiger partial charge is 0.482 e. The number of likely N-dealkylation sites (tertiary alicyclic amines) is 1. The molecule has 1 aliphatic heterocycles. The van der Waals surface area contributed by atoms with Crippen LogP contribution in [0.5, 0.6) is 5.75 Å². The number of halogens is 3. The van der Waals surface area contributed by atoms with E-state index >= 15 is 0 Å². The van der Waals surface area contributed by atoms with Gasteiger partial charge in [0, 0.05) is 26.4 Å². The Bertz CT molecular complexity index is 535. The van der Waals surface area contributed by atoms with Crippen molar-refractivity contribution in [1.29, 1.82) is 0 Å². The molecule has 2 rings (SSSR count). The molecule has 1 amide bonds. The Labute approximate surface area is 132 Å². The molecule has 0 saturated carbocycles. The Kier molecular flexibility index (Phi) is 5.81. The van der Waals surface area contributed by atoms with Crippen molar-refractivity contribution in [3.8, 4) is 5.75 Å². The number of nitrogens with zero attached hydrogens (tertiary/aromatic N) is 2. The van der Waals surface area contributed by atoms with Gasteiger partial charge in [-0.1, -0.05) is 0 Å². The van der Waals surface area contributed by atoms with Crippen molar-refractivity contribution in [2.24, 2.45) is 5.92 Å². The van der Waals surface area contributed by atoms with Gasteiger partial charge in [0.25, 0.3) is 5.91 Å². The summed E-state index contributed by atoms with van der Waals surface area (Å²) in [6.07, 6.45) is -1.32. The summed E-state index contributed by atoms with van der Waals surface area (Å²) < 4.78 is 46.8. The fraction of sp³-hybridized carbons (Fsp3) is 0.600. The maximum Gasteiger partial charge on any atom is 0.422 e. The third-order valence-corrected chi connectivity index (χ3v) is 3.57. The molecule has 0 unspecified atom stereocenters. The van der Waals surface area contributed by atoms with Gasteiger partial charge in [0.1, 0.15) is 0 Å².